The molecule has 2 aliphatic rings. The number of carbonyl (C=O) groups excluding carboxylic acids is 1. The average molecular weight is 279 g/mol. The zero-order valence-electron chi connectivity index (χ0n) is 12.1. The van der Waals surface area contributed by atoms with Crippen LogP contribution in [0.3, 0.4) is 0 Å². The van der Waals surface area contributed by atoms with Crippen LogP contribution < -0.4 is 0 Å². The normalized spacial score (nSPS) is 27.0. The van der Waals surface area contributed by atoms with Gasteiger partial charge in [0.15, 0.2) is 5.69 Å². The molecular weight excluding hydrogens is 258 g/mol. The SMILES string of the molecule is C[C@@H]1Cc2c(C(=O)N(C)CC3(O)CC3)n[nH]c2[C@H](C)O1. The molecule has 0 unspecified atom stereocenters. The fourth-order valence-corrected chi connectivity index (χ4v) is 2.85. The Hall–Kier alpha value is -1.40. The van der Waals surface area contributed by atoms with Crippen LogP contribution in [0.2, 0.25) is 0 Å². The molecule has 1 saturated carbocycles. The molecule has 20 heavy (non-hydrogen) atoms. The minimum absolute atomic E-state index is 0.0688. The predicted octanol–water partition coefficient (Wildman–Crippen LogP) is 1.03. The maximum absolute atomic E-state index is 12.5. The monoisotopic (exact) mass is 279 g/mol. The number of nitrogens with zero attached hydrogens (tertiary/aromatic N) is 2. The van der Waals surface area contributed by atoms with Crippen LogP contribution in [0.25, 0.3) is 0 Å². The topological polar surface area (TPSA) is 78.5 Å². The Kier molecular flexibility index (Phi) is 3.10. The molecule has 0 radical (unpaired) electrons. The summed E-state index contributed by atoms with van der Waals surface area (Å²) >= 11 is 0. The van der Waals surface area contributed by atoms with Crippen molar-refractivity contribution in [3.05, 3.63) is 17.0 Å². The van der Waals surface area contributed by atoms with Crippen LogP contribution in [0, 0.1) is 0 Å². The Morgan fingerprint density at radius 2 is 2.25 bits per heavy atom. The lowest BCUT2D eigenvalue weighted by molar-refractivity contribution is -0.00704. The molecule has 0 saturated heterocycles. The van der Waals surface area contributed by atoms with E-state index in [2.05, 4.69) is 10.2 Å². The summed E-state index contributed by atoms with van der Waals surface area (Å²) < 4.78 is 5.72. The van der Waals surface area contributed by atoms with Gasteiger partial charge in [-0.1, -0.05) is 0 Å². The molecule has 0 bridgehead atoms. The smallest absolute Gasteiger partial charge is 0.274 e. The van der Waals surface area contributed by atoms with Crippen LogP contribution in [-0.4, -0.2) is 51.4 Å². The van der Waals surface area contributed by atoms with E-state index in [0.717, 1.165) is 24.1 Å². The zero-order chi connectivity index (χ0) is 14.5. The van der Waals surface area contributed by atoms with Crippen molar-refractivity contribution in [2.24, 2.45) is 0 Å². The van der Waals surface area contributed by atoms with Crippen molar-refractivity contribution < 1.29 is 14.6 Å². The highest BCUT2D eigenvalue weighted by Crippen LogP contribution is 2.36. The Labute approximate surface area is 118 Å². The van der Waals surface area contributed by atoms with E-state index in [9.17, 15) is 9.90 Å². The number of fused-ring (bicyclic) bond motifs is 1. The highest BCUT2D eigenvalue weighted by molar-refractivity contribution is 5.94. The molecule has 1 aliphatic carbocycles. The molecule has 1 aromatic heterocycles. The summed E-state index contributed by atoms with van der Waals surface area (Å²) in [4.78, 5) is 14.1. The number of aromatic nitrogens is 2. The van der Waals surface area contributed by atoms with E-state index in [1.807, 2.05) is 13.8 Å². The third kappa shape index (κ3) is 2.33. The van der Waals surface area contributed by atoms with Crippen molar-refractivity contribution >= 4 is 5.91 Å². The van der Waals surface area contributed by atoms with Crippen LogP contribution in [0.15, 0.2) is 0 Å². The van der Waals surface area contributed by atoms with Gasteiger partial charge in [-0.3, -0.25) is 9.89 Å². The molecule has 6 heteroatoms. The summed E-state index contributed by atoms with van der Waals surface area (Å²) in [6.07, 6.45) is 2.24. The molecule has 2 N–H and O–H groups in total. The highest BCUT2D eigenvalue weighted by Gasteiger charge is 2.42. The molecule has 1 aliphatic heterocycles. The van der Waals surface area contributed by atoms with Gasteiger partial charge in [0.1, 0.15) is 0 Å². The van der Waals surface area contributed by atoms with E-state index >= 15 is 0 Å². The van der Waals surface area contributed by atoms with E-state index in [4.69, 9.17) is 4.74 Å². The van der Waals surface area contributed by atoms with Gasteiger partial charge in [0, 0.05) is 25.6 Å². The van der Waals surface area contributed by atoms with E-state index < -0.39 is 5.60 Å². The summed E-state index contributed by atoms with van der Waals surface area (Å²) in [5.41, 5.74) is 1.64. The fraction of sp³-hybridized carbons (Fsp3) is 0.714. The van der Waals surface area contributed by atoms with Gasteiger partial charge in [0.05, 0.1) is 23.5 Å². The van der Waals surface area contributed by atoms with Crippen molar-refractivity contribution in [1.82, 2.24) is 15.1 Å². The largest absolute Gasteiger partial charge is 0.388 e. The number of rotatable bonds is 3. The first-order chi connectivity index (χ1) is 9.39. The zero-order valence-corrected chi connectivity index (χ0v) is 12.1. The number of aromatic amines is 1. The number of H-pyrrole nitrogens is 1. The van der Waals surface area contributed by atoms with Gasteiger partial charge >= 0.3 is 0 Å². The number of carbonyl (C=O) groups is 1. The quantitative estimate of drug-likeness (QED) is 0.866. The van der Waals surface area contributed by atoms with E-state index in [-0.39, 0.29) is 18.1 Å². The molecule has 0 aromatic carbocycles. The fourth-order valence-electron chi connectivity index (χ4n) is 2.85. The molecule has 3 rings (SSSR count). The molecule has 6 nitrogen and oxygen atoms in total. The Morgan fingerprint density at radius 3 is 2.90 bits per heavy atom. The molecule has 110 valence electrons. The van der Waals surface area contributed by atoms with E-state index in [1.54, 1.807) is 11.9 Å². The van der Waals surface area contributed by atoms with Crippen LogP contribution in [0.1, 0.15) is 54.5 Å². The average Bonchev–Trinajstić information content (AvgIpc) is 2.94. The van der Waals surface area contributed by atoms with Gasteiger partial charge in [-0.25, -0.2) is 0 Å². The number of likely N-dealkylation sites (N-methyl/N-ethyl adjacent to an activating group) is 1. The van der Waals surface area contributed by atoms with Crippen molar-refractivity contribution in [1.29, 1.82) is 0 Å². The molecule has 1 fully saturated rings. The maximum atomic E-state index is 12.5. The molecule has 2 heterocycles. The van der Waals surface area contributed by atoms with Gasteiger partial charge in [-0.2, -0.15) is 5.10 Å². The first-order valence-electron chi connectivity index (χ1n) is 7.10. The Morgan fingerprint density at radius 1 is 1.55 bits per heavy atom. The van der Waals surface area contributed by atoms with E-state index in [0.29, 0.717) is 18.7 Å². The number of ether oxygens (including phenoxy) is 1. The van der Waals surface area contributed by atoms with Crippen LogP contribution >= 0.6 is 0 Å². The second kappa shape index (κ2) is 4.56. The van der Waals surface area contributed by atoms with Gasteiger partial charge in [0.2, 0.25) is 0 Å². The summed E-state index contributed by atoms with van der Waals surface area (Å²) in [5, 5.41) is 17.0. The van der Waals surface area contributed by atoms with Gasteiger partial charge in [-0.15, -0.1) is 0 Å². The first kappa shape index (κ1) is 13.6. The maximum Gasteiger partial charge on any atom is 0.274 e. The number of hydrogen-bond acceptors (Lipinski definition) is 4. The summed E-state index contributed by atoms with van der Waals surface area (Å²) in [6, 6.07) is 0. The van der Waals surface area contributed by atoms with Crippen molar-refractivity contribution in [2.45, 2.75) is 50.9 Å². The minimum Gasteiger partial charge on any atom is -0.388 e. The first-order valence-corrected chi connectivity index (χ1v) is 7.10. The third-order valence-corrected chi connectivity index (χ3v) is 4.14. The van der Waals surface area contributed by atoms with Crippen LogP contribution in [-0.2, 0) is 11.2 Å². The summed E-state index contributed by atoms with van der Waals surface area (Å²) in [6.45, 7) is 4.32. The highest BCUT2D eigenvalue weighted by atomic mass is 16.5. The molecular formula is C14H21N3O3. The van der Waals surface area contributed by atoms with Crippen molar-refractivity contribution in [2.75, 3.05) is 13.6 Å². The molecule has 1 aromatic rings. The number of hydrogen-bond donors (Lipinski definition) is 2. The predicted molar refractivity (Wildman–Crippen MR) is 72.4 cm³/mol. The Bertz CT molecular complexity index is 536. The van der Waals surface area contributed by atoms with E-state index in [1.165, 1.54) is 0 Å². The lowest BCUT2D eigenvalue weighted by Gasteiger charge is -2.26. The second-order valence-corrected chi connectivity index (χ2v) is 6.14. The van der Waals surface area contributed by atoms with Gasteiger partial charge in [-0.05, 0) is 26.7 Å². The number of amides is 1. The summed E-state index contributed by atoms with van der Waals surface area (Å²) in [7, 11) is 1.71. The number of nitrogens with one attached hydrogen (secondary N) is 1. The second-order valence-electron chi connectivity index (χ2n) is 6.14. The summed E-state index contributed by atoms with van der Waals surface area (Å²) in [5.74, 6) is -0.135. The third-order valence-electron chi connectivity index (χ3n) is 4.14. The molecule has 2 atom stereocenters. The minimum atomic E-state index is -0.676. The number of aliphatic hydroxyl groups is 1. The van der Waals surface area contributed by atoms with Crippen LogP contribution in [0.4, 0.5) is 0 Å². The standard InChI is InChI=1S/C14H21N3O3/c1-8-6-10-11(9(2)20-8)15-16-12(10)13(18)17(3)7-14(19)4-5-14/h8-9,19H,4-7H2,1-3H3,(H,15,16)/t8-,9+/m1/s1. The van der Waals surface area contributed by atoms with Crippen LogP contribution in [0.5, 0.6) is 0 Å². The Balaban J connectivity index is 1.82. The molecule has 1 amide bonds. The lowest BCUT2D eigenvalue weighted by atomic mass is 9.99. The molecule has 0 spiro atoms. The van der Waals surface area contributed by atoms with Gasteiger partial charge in [0.25, 0.3) is 5.91 Å². The van der Waals surface area contributed by atoms with Gasteiger partial charge < -0.3 is 14.7 Å². The van der Waals surface area contributed by atoms with Crippen molar-refractivity contribution in [3.63, 3.8) is 0 Å². The van der Waals surface area contributed by atoms with Crippen molar-refractivity contribution in [3.8, 4) is 0 Å². The lowest BCUT2D eigenvalue weighted by Crippen LogP contribution is -2.36.